The van der Waals surface area contributed by atoms with Crippen molar-refractivity contribution in [1.29, 1.82) is 0 Å². The molecule has 0 saturated carbocycles. The van der Waals surface area contributed by atoms with Crippen molar-refractivity contribution < 1.29 is 18.6 Å². The topological polar surface area (TPSA) is 57.9 Å². The van der Waals surface area contributed by atoms with Gasteiger partial charge in [-0.3, -0.25) is 4.79 Å². The van der Waals surface area contributed by atoms with Gasteiger partial charge in [0.2, 0.25) is 11.2 Å². The van der Waals surface area contributed by atoms with Gasteiger partial charge in [0.1, 0.15) is 25.4 Å². The monoisotopic (exact) mass is 540 g/mol. The molecule has 1 aromatic heterocycles. The third-order valence-corrected chi connectivity index (χ3v) is 6.66. The molecule has 0 atom stereocenters. The predicted octanol–water partition coefficient (Wildman–Crippen LogP) is 8.20. The van der Waals surface area contributed by atoms with E-state index in [0.29, 0.717) is 47.0 Å². The van der Waals surface area contributed by atoms with E-state index in [9.17, 15) is 4.79 Å². The second-order valence-electron chi connectivity index (χ2n) is 9.57. The van der Waals surface area contributed by atoms with E-state index in [1.54, 1.807) is 12.1 Å². The summed E-state index contributed by atoms with van der Waals surface area (Å²) in [7, 11) is 0. The number of hydrogen-bond acceptors (Lipinski definition) is 5. The lowest BCUT2D eigenvalue weighted by Crippen LogP contribution is -2.10. The zero-order valence-electron chi connectivity index (χ0n) is 22.4. The molecule has 0 aliphatic carbocycles. The van der Waals surface area contributed by atoms with Gasteiger partial charge in [0.25, 0.3) is 0 Å². The lowest BCUT2D eigenvalue weighted by molar-refractivity contribution is 0.256. The number of ether oxygens (including phenoxy) is 3. The molecule has 0 N–H and O–H groups in total. The molecule has 41 heavy (non-hydrogen) atoms. The van der Waals surface area contributed by atoms with Gasteiger partial charge in [-0.15, -0.1) is 0 Å². The molecule has 6 aromatic rings. The van der Waals surface area contributed by atoms with Crippen LogP contribution in [0.4, 0.5) is 0 Å². The van der Waals surface area contributed by atoms with E-state index in [1.807, 2.05) is 121 Å². The van der Waals surface area contributed by atoms with Gasteiger partial charge in [-0.1, -0.05) is 103 Å². The first-order chi connectivity index (χ1) is 20.2. The fourth-order valence-electron chi connectivity index (χ4n) is 4.53. The SMILES string of the molecule is O=c1c(OCc2ccccc2)c(-c2ccc(OCc3ccccc3)c(OCc3ccccc3)c2)oc2ccccc12. The Kier molecular flexibility index (Phi) is 7.77. The Balaban J connectivity index is 1.39. The minimum absolute atomic E-state index is 0.152. The molecular formula is C36H28O5. The van der Waals surface area contributed by atoms with Crippen molar-refractivity contribution >= 4 is 11.0 Å². The van der Waals surface area contributed by atoms with Crippen LogP contribution in [-0.4, -0.2) is 0 Å². The Morgan fingerprint density at radius 2 is 1.02 bits per heavy atom. The van der Waals surface area contributed by atoms with E-state index < -0.39 is 0 Å². The number of para-hydroxylation sites is 1. The zero-order chi connectivity index (χ0) is 27.9. The summed E-state index contributed by atoms with van der Waals surface area (Å²) in [5.41, 5.74) is 3.91. The fourth-order valence-corrected chi connectivity index (χ4v) is 4.53. The molecule has 0 unspecified atom stereocenters. The van der Waals surface area contributed by atoms with Gasteiger partial charge in [0.05, 0.1) is 5.39 Å². The summed E-state index contributed by atoms with van der Waals surface area (Å²) in [6.45, 7) is 0.968. The van der Waals surface area contributed by atoms with Crippen molar-refractivity contribution in [2.45, 2.75) is 19.8 Å². The van der Waals surface area contributed by atoms with Crippen molar-refractivity contribution in [3.63, 3.8) is 0 Å². The second kappa shape index (κ2) is 12.3. The highest BCUT2D eigenvalue weighted by Gasteiger charge is 2.20. The third-order valence-electron chi connectivity index (χ3n) is 6.66. The molecule has 0 amide bonds. The Hall–Kier alpha value is -5.29. The second-order valence-corrected chi connectivity index (χ2v) is 9.57. The minimum atomic E-state index is -0.228. The quantitative estimate of drug-likeness (QED) is 0.175. The molecule has 0 fully saturated rings. The van der Waals surface area contributed by atoms with Crippen LogP contribution in [0.3, 0.4) is 0 Å². The molecule has 202 valence electrons. The van der Waals surface area contributed by atoms with Gasteiger partial charge < -0.3 is 18.6 Å². The smallest absolute Gasteiger partial charge is 0.235 e. The number of benzene rings is 5. The summed E-state index contributed by atoms with van der Waals surface area (Å²) in [6, 6.07) is 42.3. The molecule has 1 heterocycles. The summed E-state index contributed by atoms with van der Waals surface area (Å²) in [5.74, 6) is 1.61. The van der Waals surface area contributed by atoms with Gasteiger partial charge in [-0.25, -0.2) is 0 Å². The molecule has 0 spiro atoms. The van der Waals surface area contributed by atoms with E-state index in [4.69, 9.17) is 18.6 Å². The fraction of sp³-hybridized carbons (Fsp3) is 0.0833. The molecule has 0 aliphatic heterocycles. The number of rotatable bonds is 10. The summed E-state index contributed by atoms with van der Waals surface area (Å²) >= 11 is 0. The van der Waals surface area contributed by atoms with Crippen LogP contribution in [0.2, 0.25) is 0 Å². The Morgan fingerprint density at radius 3 is 1.63 bits per heavy atom. The van der Waals surface area contributed by atoms with E-state index in [2.05, 4.69) is 0 Å². The van der Waals surface area contributed by atoms with Gasteiger partial charge >= 0.3 is 0 Å². The maximum atomic E-state index is 13.6. The normalized spacial score (nSPS) is 10.8. The lowest BCUT2D eigenvalue weighted by Gasteiger charge is -2.16. The molecule has 5 heteroatoms. The summed E-state index contributed by atoms with van der Waals surface area (Å²) in [5, 5.41) is 0.461. The van der Waals surface area contributed by atoms with Crippen molar-refractivity contribution in [1.82, 2.24) is 0 Å². The van der Waals surface area contributed by atoms with Crippen molar-refractivity contribution in [2.75, 3.05) is 0 Å². The van der Waals surface area contributed by atoms with Crippen LogP contribution < -0.4 is 19.6 Å². The van der Waals surface area contributed by atoms with E-state index in [0.717, 1.165) is 16.7 Å². The van der Waals surface area contributed by atoms with Gasteiger partial charge in [0, 0.05) is 5.56 Å². The molecular weight excluding hydrogens is 512 g/mol. The maximum absolute atomic E-state index is 13.6. The molecule has 5 aromatic carbocycles. The Labute approximate surface area is 238 Å². The molecule has 0 saturated heterocycles. The van der Waals surface area contributed by atoms with Crippen molar-refractivity contribution in [3.05, 3.63) is 160 Å². The summed E-state index contributed by atoms with van der Waals surface area (Å²) < 4.78 is 24.9. The van der Waals surface area contributed by atoms with Crippen LogP contribution in [0, 0.1) is 0 Å². The van der Waals surface area contributed by atoms with E-state index >= 15 is 0 Å². The minimum Gasteiger partial charge on any atom is -0.485 e. The summed E-state index contributed by atoms with van der Waals surface area (Å²) in [4.78, 5) is 13.6. The first-order valence-corrected chi connectivity index (χ1v) is 13.4. The first kappa shape index (κ1) is 26.0. The van der Waals surface area contributed by atoms with Crippen LogP contribution in [0.5, 0.6) is 17.2 Å². The number of hydrogen-bond donors (Lipinski definition) is 0. The van der Waals surface area contributed by atoms with E-state index in [1.165, 1.54) is 0 Å². The van der Waals surface area contributed by atoms with Crippen molar-refractivity contribution in [3.8, 4) is 28.6 Å². The highest BCUT2D eigenvalue weighted by atomic mass is 16.5. The standard InChI is InChI=1S/C36H28O5/c37-34-30-18-10-11-19-31(30)41-35(36(34)40-25-28-16-8-3-9-17-28)29-20-21-32(38-23-26-12-4-1-5-13-26)33(22-29)39-24-27-14-6-2-7-15-27/h1-22H,23-25H2. The average Bonchev–Trinajstić information content (AvgIpc) is 3.04. The van der Waals surface area contributed by atoms with Crippen LogP contribution >= 0.6 is 0 Å². The Morgan fingerprint density at radius 1 is 0.512 bits per heavy atom. The maximum Gasteiger partial charge on any atom is 0.235 e. The third kappa shape index (κ3) is 6.15. The molecule has 0 aliphatic rings. The van der Waals surface area contributed by atoms with Gasteiger partial charge in [0.15, 0.2) is 17.3 Å². The molecule has 6 rings (SSSR count). The molecule has 5 nitrogen and oxygen atoms in total. The van der Waals surface area contributed by atoms with Crippen LogP contribution in [0.1, 0.15) is 16.7 Å². The van der Waals surface area contributed by atoms with Crippen LogP contribution in [-0.2, 0) is 19.8 Å². The highest BCUT2D eigenvalue weighted by molar-refractivity contribution is 5.82. The zero-order valence-corrected chi connectivity index (χ0v) is 22.4. The number of fused-ring (bicyclic) bond motifs is 1. The Bertz CT molecular complexity index is 1800. The highest BCUT2D eigenvalue weighted by Crippen LogP contribution is 2.38. The van der Waals surface area contributed by atoms with Gasteiger partial charge in [-0.2, -0.15) is 0 Å². The lowest BCUT2D eigenvalue weighted by atomic mass is 10.1. The largest absolute Gasteiger partial charge is 0.485 e. The van der Waals surface area contributed by atoms with Crippen molar-refractivity contribution in [2.24, 2.45) is 0 Å². The average molecular weight is 541 g/mol. The predicted molar refractivity (Wildman–Crippen MR) is 160 cm³/mol. The molecule has 0 radical (unpaired) electrons. The first-order valence-electron chi connectivity index (χ1n) is 13.4. The van der Waals surface area contributed by atoms with E-state index in [-0.39, 0.29) is 17.8 Å². The van der Waals surface area contributed by atoms with Crippen LogP contribution in [0.15, 0.2) is 143 Å². The van der Waals surface area contributed by atoms with Gasteiger partial charge in [-0.05, 0) is 47.0 Å². The summed E-state index contributed by atoms with van der Waals surface area (Å²) in [6.07, 6.45) is 0. The van der Waals surface area contributed by atoms with Crippen LogP contribution in [0.25, 0.3) is 22.3 Å². The molecule has 0 bridgehead atoms.